The first-order valence-corrected chi connectivity index (χ1v) is 11.2. The minimum Gasteiger partial charge on any atom is -0.302 e. The van der Waals surface area contributed by atoms with Gasteiger partial charge in [0.25, 0.3) is 0 Å². The summed E-state index contributed by atoms with van der Waals surface area (Å²) in [5.41, 5.74) is 4.17. The molecule has 3 aromatic rings. The van der Waals surface area contributed by atoms with Crippen molar-refractivity contribution in [3.63, 3.8) is 0 Å². The van der Waals surface area contributed by atoms with Gasteiger partial charge in [0, 0.05) is 43.3 Å². The molecule has 3 rings (SSSR count). The first-order chi connectivity index (χ1) is 13.6. The van der Waals surface area contributed by atoms with E-state index in [2.05, 4.69) is 15.4 Å². The quantitative estimate of drug-likeness (QED) is 0.644. The van der Waals surface area contributed by atoms with Crippen LogP contribution in [0.5, 0.6) is 0 Å². The molecule has 0 aliphatic rings. The topological polar surface area (TPSA) is 97.2 Å². The number of thiazole rings is 1. The molecular formula is C19H23N5O3S2. The Balaban J connectivity index is 1.71. The van der Waals surface area contributed by atoms with Gasteiger partial charge in [-0.1, -0.05) is 12.1 Å². The molecule has 2 heterocycles. The molecule has 154 valence electrons. The molecule has 2 aromatic heterocycles. The van der Waals surface area contributed by atoms with Crippen LogP contribution in [-0.4, -0.2) is 47.5 Å². The van der Waals surface area contributed by atoms with Crippen molar-refractivity contribution in [1.82, 2.24) is 19.1 Å². The van der Waals surface area contributed by atoms with Crippen LogP contribution < -0.4 is 5.32 Å². The molecule has 1 N–H and O–H groups in total. The third kappa shape index (κ3) is 4.39. The number of carbonyl (C=O) groups is 1. The number of hydrogen-bond donors (Lipinski definition) is 1. The fraction of sp³-hybridized carbons (Fsp3) is 0.316. The van der Waals surface area contributed by atoms with E-state index in [-0.39, 0.29) is 17.2 Å². The molecule has 29 heavy (non-hydrogen) atoms. The lowest BCUT2D eigenvalue weighted by Gasteiger charge is -2.11. The van der Waals surface area contributed by atoms with Crippen LogP contribution >= 0.6 is 11.3 Å². The molecule has 0 atom stereocenters. The number of hydrogen-bond acceptors (Lipinski definition) is 6. The van der Waals surface area contributed by atoms with Crippen LogP contribution in [0, 0.1) is 13.8 Å². The van der Waals surface area contributed by atoms with Crippen LogP contribution in [0.25, 0.3) is 11.3 Å². The van der Waals surface area contributed by atoms with Crippen molar-refractivity contribution < 1.29 is 13.2 Å². The van der Waals surface area contributed by atoms with Crippen molar-refractivity contribution in [2.45, 2.75) is 25.2 Å². The number of benzene rings is 1. The van der Waals surface area contributed by atoms with E-state index in [4.69, 9.17) is 0 Å². The number of rotatable bonds is 6. The lowest BCUT2D eigenvalue weighted by Crippen LogP contribution is -2.22. The van der Waals surface area contributed by atoms with Gasteiger partial charge in [-0.15, -0.1) is 11.3 Å². The molecule has 8 nitrogen and oxygen atoms in total. The van der Waals surface area contributed by atoms with Gasteiger partial charge < -0.3 is 5.32 Å². The number of amides is 1. The Morgan fingerprint density at radius 2 is 1.86 bits per heavy atom. The Morgan fingerprint density at radius 3 is 2.41 bits per heavy atom. The predicted octanol–water partition coefficient (Wildman–Crippen LogP) is 2.59. The molecule has 0 saturated carbocycles. The normalized spacial score (nSPS) is 11.8. The zero-order valence-corrected chi connectivity index (χ0v) is 18.6. The molecule has 0 aliphatic heterocycles. The lowest BCUT2D eigenvalue weighted by molar-refractivity contribution is -0.115. The number of anilines is 1. The predicted molar refractivity (Wildman–Crippen MR) is 113 cm³/mol. The number of carbonyl (C=O) groups excluding carboxylic acids is 1. The van der Waals surface area contributed by atoms with Crippen LogP contribution in [0.4, 0.5) is 5.13 Å². The second-order valence-corrected chi connectivity index (χ2v) is 9.86. The Hall–Kier alpha value is -2.56. The van der Waals surface area contributed by atoms with Crippen molar-refractivity contribution in [2.75, 3.05) is 19.4 Å². The highest BCUT2D eigenvalue weighted by atomic mass is 32.2. The third-order valence-corrected chi connectivity index (χ3v) is 7.26. The highest BCUT2D eigenvalue weighted by Gasteiger charge is 2.18. The maximum Gasteiger partial charge on any atom is 0.242 e. The summed E-state index contributed by atoms with van der Waals surface area (Å²) in [5.74, 6) is -0.155. The maximum absolute atomic E-state index is 12.4. The fourth-order valence-electron chi connectivity index (χ4n) is 2.87. The minimum atomic E-state index is -3.47. The van der Waals surface area contributed by atoms with Crippen molar-refractivity contribution >= 4 is 32.4 Å². The monoisotopic (exact) mass is 433 g/mol. The molecule has 0 spiro atoms. The molecular weight excluding hydrogens is 410 g/mol. The Kier molecular flexibility index (Phi) is 5.87. The maximum atomic E-state index is 12.4. The summed E-state index contributed by atoms with van der Waals surface area (Å²) in [5, 5.41) is 9.47. The van der Waals surface area contributed by atoms with E-state index in [9.17, 15) is 13.2 Å². The van der Waals surface area contributed by atoms with E-state index in [0.29, 0.717) is 10.8 Å². The fourth-order valence-corrected chi connectivity index (χ4v) is 4.51. The average molecular weight is 434 g/mol. The number of nitrogens with one attached hydrogen (secondary N) is 1. The highest BCUT2D eigenvalue weighted by molar-refractivity contribution is 7.89. The smallest absolute Gasteiger partial charge is 0.242 e. The standard InChI is InChI=1S/C19H23N5O3S2/c1-12-16(13(2)24(5)22-12)10-18(25)21-19-20-17(11-28-19)14-6-8-15(9-7-14)29(26,27)23(3)4/h6-9,11H,10H2,1-5H3,(H,20,21,25). The molecule has 0 fully saturated rings. The summed E-state index contributed by atoms with van der Waals surface area (Å²) in [6, 6.07) is 6.52. The Bertz CT molecular complexity index is 1150. The van der Waals surface area contributed by atoms with E-state index < -0.39 is 10.0 Å². The SMILES string of the molecule is Cc1nn(C)c(C)c1CC(=O)Nc1nc(-c2ccc(S(=O)(=O)N(C)C)cc2)cs1. The van der Waals surface area contributed by atoms with Crippen molar-refractivity contribution in [2.24, 2.45) is 7.05 Å². The molecule has 0 aliphatic carbocycles. The summed E-state index contributed by atoms with van der Waals surface area (Å²) >= 11 is 1.32. The summed E-state index contributed by atoms with van der Waals surface area (Å²) < 4.78 is 27.3. The molecule has 1 aromatic carbocycles. The molecule has 0 saturated heterocycles. The van der Waals surface area contributed by atoms with Crippen LogP contribution in [0.2, 0.25) is 0 Å². The van der Waals surface area contributed by atoms with Crippen LogP contribution in [-0.2, 0) is 28.3 Å². The number of aryl methyl sites for hydroxylation is 2. The molecule has 0 unspecified atom stereocenters. The van der Waals surface area contributed by atoms with Gasteiger partial charge >= 0.3 is 0 Å². The second-order valence-electron chi connectivity index (χ2n) is 6.85. The molecule has 0 radical (unpaired) electrons. The lowest BCUT2D eigenvalue weighted by atomic mass is 10.1. The summed E-state index contributed by atoms with van der Waals surface area (Å²) in [4.78, 5) is 17.1. The van der Waals surface area contributed by atoms with E-state index in [1.807, 2.05) is 26.3 Å². The minimum absolute atomic E-state index is 0.155. The van der Waals surface area contributed by atoms with Gasteiger partial charge in [-0.05, 0) is 26.0 Å². The van der Waals surface area contributed by atoms with Gasteiger partial charge in [0.2, 0.25) is 15.9 Å². The largest absolute Gasteiger partial charge is 0.302 e. The van der Waals surface area contributed by atoms with Crippen molar-refractivity contribution in [3.05, 3.63) is 46.6 Å². The highest BCUT2D eigenvalue weighted by Crippen LogP contribution is 2.26. The van der Waals surface area contributed by atoms with Crippen molar-refractivity contribution in [3.8, 4) is 11.3 Å². The zero-order valence-electron chi connectivity index (χ0n) is 16.9. The van der Waals surface area contributed by atoms with E-state index in [1.54, 1.807) is 28.9 Å². The van der Waals surface area contributed by atoms with E-state index in [0.717, 1.165) is 22.5 Å². The zero-order chi connectivity index (χ0) is 21.3. The number of nitrogens with zero attached hydrogens (tertiary/aromatic N) is 4. The van der Waals surface area contributed by atoms with Gasteiger partial charge in [-0.3, -0.25) is 9.48 Å². The van der Waals surface area contributed by atoms with Crippen LogP contribution in [0.1, 0.15) is 17.0 Å². The van der Waals surface area contributed by atoms with E-state index >= 15 is 0 Å². The van der Waals surface area contributed by atoms with Gasteiger partial charge in [-0.2, -0.15) is 5.10 Å². The summed E-state index contributed by atoms with van der Waals surface area (Å²) in [7, 11) is 1.37. The second kappa shape index (κ2) is 8.05. The summed E-state index contributed by atoms with van der Waals surface area (Å²) in [6.45, 7) is 3.82. The van der Waals surface area contributed by atoms with E-state index in [1.165, 1.54) is 29.7 Å². The summed E-state index contributed by atoms with van der Waals surface area (Å²) in [6.07, 6.45) is 0.234. The Labute approximate surface area is 174 Å². The molecule has 10 heteroatoms. The first-order valence-electron chi connectivity index (χ1n) is 8.87. The Morgan fingerprint density at radius 1 is 1.21 bits per heavy atom. The number of aromatic nitrogens is 3. The van der Waals surface area contributed by atoms with Crippen LogP contribution in [0.15, 0.2) is 34.5 Å². The molecule has 0 bridgehead atoms. The van der Waals surface area contributed by atoms with Gasteiger partial charge in [-0.25, -0.2) is 17.7 Å². The van der Waals surface area contributed by atoms with Gasteiger partial charge in [0.05, 0.1) is 22.7 Å². The number of sulfonamides is 1. The van der Waals surface area contributed by atoms with Crippen LogP contribution in [0.3, 0.4) is 0 Å². The average Bonchev–Trinajstić information content (AvgIpc) is 3.22. The first kappa shape index (κ1) is 21.2. The molecule has 1 amide bonds. The van der Waals surface area contributed by atoms with Crippen molar-refractivity contribution in [1.29, 1.82) is 0 Å². The van der Waals surface area contributed by atoms with Gasteiger partial charge in [0.1, 0.15) is 0 Å². The van der Waals surface area contributed by atoms with Gasteiger partial charge in [0.15, 0.2) is 5.13 Å². The third-order valence-electron chi connectivity index (χ3n) is 4.68.